The molecular weight excluding hydrogens is 446 g/mol. The summed E-state index contributed by atoms with van der Waals surface area (Å²) in [6, 6.07) is 17.7. The summed E-state index contributed by atoms with van der Waals surface area (Å²) in [5, 5.41) is 16.5. The molecule has 0 aliphatic carbocycles. The third-order valence-corrected chi connectivity index (χ3v) is 5.69. The molecule has 35 heavy (non-hydrogen) atoms. The van der Waals surface area contributed by atoms with Crippen LogP contribution in [-0.2, 0) is 27.3 Å². The number of alkyl carbamates (subject to hydrolysis) is 1. The van der Waals surface area contributed by atoms with Crippen LogP contribution in [0, 0.1) is 5.92 Å². The molecule has 8 heteroatoms. The van der Waals surface area contributed by atoms with Crippen LogP contribution in [0.4, 0.5) is 4.79 Å². The van der Waals surface area contributed by atoms with Crippen molar-refractivity contribution in [2.24, 2.45) is 10.9 Å². The summed E-state index contributed by atoms with van der Waals surface area (Å²) < 4.78 is 10.8. The normalized spacial score (nSPS) is 15.5. The van der Waals surface area contributed by atoms with Crippen molar-refractivity contribution < 1.29 is 24.2 Å². The Kier molecular flexibility index (Phi) is 10.1. The van der Waals surface area contributed by atoms with E-state index in [-0.39, 0.29) is 24.3 Å². The first-order chi connectivity index (χ1) is 16.9. The van der Waals surface area contributed by atoms with Crippen LogP contribution in [0.1, 0.15) is 37.8 Å². The number of carbonyl (C=O) groups excluding carboxylic acids is 2. The van der Waals surface area contributed by atoms with Crippen LogP contribution in [0.3, 0.4) is 0 Å². The van der Waals surface area contributed by atoms with E-state index in [1.54, 1.807) is 0 Å². The molecule has 0 saturated carbocycles. The molecule has 1 aliphatic rings. The maximum absolute atomic E-state index is 13.3. The minimum Gasteiger partial charge on any atom is -0.477 e. The average Bonchev–Trinajstić information content (AvgIpc) is 3.40. The topological polar surface area (TPSA) is 109 Å². The van der Waals surface area contributed by atoms with Gasteiger partial charge in [0, 0.05) is 0 Å². The molecule has 1 aliphatic heterocycles. The predicted octanol–water partition coefficient (Wildman–Crippen LogP) is 3.23. The van der Waals surface area contributed by atoms with Crippen LogP contribution in [0.25, 0.3) is 0 Å². The van der Waals surface area contributed by atoms with E-state index in [1.807, 2.05) is 74.5 Å². The number of hydrogen-bond acceptors (Lipinski definition) is 6. The zero-order chi connectivity index (χ0) is 25.0. The minimum absolute atomic E-state index is 0.109. The number of aliphatic hydroxyl groups is 1. The van der Waals surface area contributed by atoms with E-state index in [0.717, 1.165) is 11.1 Å². The fourth-order valence-electron chi connectivity index (χ4n) is 3.87. The predicted molar refractivity (Wildman–Crippen MR) is 134 cm³/mol. The maximum Gasteiger partial charge on any atom is 0.408 e. The van der Waals surface area contributed by atoms with Crippen LogP contribution >= 0.6 is 0 Å². The first kappa shape index (κ1) is 26.2. The van der Waals surface area contributed by atoms with Crippen molar-refractivity contribution in [1.82, 2.24) is 10.6 Å². The molecule has 0 aromatic heterocycles. The average molecular weight is 482 g/mol. The monoisotopic (exact) mass is 481 g/mol. The third-order valence-electron chi connectivity index (χ3n) is 5.69. The highest BCUT2D eigenvalue weighted by atomic mass is 16.5. The molecule has 3 atom stereocenters. The number of nitrogens with zero attached hydrogens (tertiary/aromatic N) is 1. The molecule has 0 saturated heterocycles. The lowest BCUT2D eigenvalue weighted by molar-refractivity contribution is -0.124. The second-order valence-corrected chi connectivity index (χ2v) is 9.04. The van der Waals surface area contributed by atoms with Gasteiger partial charge >= 0.3 is 6.09 Å². The van der Waals surface area contributed by atoms with Gasteiger partial charge in [-0.15, -0.1) is 0 Å². The molecule has 3 rings (SSSR count). The second kappa shape index (κ2) is 13.5. The molecule has 0 fully saturated rings. The Morgan fingerprint density at radius 2 is 1.69 bits per heavy atom. The highest BCUT2D eigenvalue weighted by Crippen LogP contribution is 2.13. The lowest BCUT2D eigenvalue weighted by Gasteiger charge is -2.27. The number of rotatable bonds is 12. The Morgan fingerprint density at radius 1 is 1.03 bits per heavy atom. The molecule has 8 nitrogen and oxygen atoms in total. The van der Waals surface area contributed by atoms with E-state index in [4.69, 9.17) is 9.47 Å². The van der Waals surface area contributed by atoms with Crippen LogP contribution in [0.15, 0.2) is 65.7 Å². The zero-order valence-corrected chi connectivity index (χ0v) is 20.4. The second-order valence-electron chi connectivity index (χ2n) is 9.04. The van der Waals surface area contributed by atoms with Gasteiger partial charge in [0.05, 0.1) is 12.6 Å². The van der Waals surface area contributed by atoms with Gasteiger partial charge in [-0.1, -0.05) is 74.5 Å². The number of carbonyl (C=O) groups is 2. The number of aryl methyl sites for hydroxylation is 1. The van der Waals surface area contributed by atoms with Crippen molar-refractivity contribution >= 4 is 17.9 Å². The smallest absolute Gasteiger partial charge is 0.408 e. The van der Waals surface area contributed by atoms with Crippen LogP contribution < -0.4 is 10.6 Å². The van der Waals surface area contributed by atoms with Crippen molar-refractivity contribution in [3.8, 4) is 0 Å². The number of hydrogen-bond donors (Lipinski definition) is 3. The first-order valence-electron chi connectivity index (χ1n) is 12.1. The zero-order valence-electron chi connectivity index (χ0n) is 20.4. The highest BCUT2D eigenvalue weighted by molar-refractivity contribution is 5.87. The lowest BCUT2D eigenvalue weighted by atomic mass is 9.99. The molecule has 188 valence electrons. The lowest BCUT2D eigenvalue weighted by Crippen LogP contribution is -2.54. The van der Waals surface area contributed by atoms with Crippen LogP contribution in [0.2, 0.25) is 0 Å². The molecule has 2 aromatic rings. The summed E-state index contributed by atoms with van der Waals surface area (Å²) in [5.41, 5.74) is 1.95. The Hall–Kier alpha value is -3.39. The Morgan fingerprint density at radius 3 is 2.29 bits per heavy atom. The van der Waals surface area contributed by atoms with Crippen LogP contribution in [-0.4, -0.2) is 54.3 Å². The molecule has 1 unspecified atom stereocenters. The van der Waals surface area contributed by atoms with E-state index in [0.29, 0.717) is 32.4 Å². The summed E-state index contributed by atoms with van der Waals surface area (Å²) in [5.74, 6) is 0.000442. The summed E-state index contributed by atoms with van der Waals surface area (Å²) in [7, 11) is 0. The number of amides is 2. The first-order valence-corrected chi connectivity index (χ1v) is 12.1. The number of benzene rings is 2. The Balaban J connectivity index is 1.64. The van der Waals surface area contributed by atoms with Crippen molar-refractivity contribution in [1.29, 1.82) is 0 Å². The maximum atomic E-state index is 13.3. The van der Waals surface area contributed by atoms with Crippen molar-refractivity contribution in [2.75, 3.05) is 13.2 Å². The molecule has 0 radical (unpaired) electrons. The van der Waals surface area contributed by atoms with Crippen molar-refractivity contribution in [3.05, 3.63) is 71.8 Å². The Labute approximate surface area is 206 Å². The number of aliphatic imine (C=N–C) groups is 1. The standard InChI is InChI=1S/C27H35N3O5/c1-19(2)17-23(30-27(33)35-18-21-11-7-4-8-12-21)25(32)29-22(24(31)26-28-15-16-34-26)14-13-20-9-5-3-6-10-20/h3-12,19,22-24,31H,13-18H2,1-2H3,(H,29,32)(H,30,33)/t22-,23-,24?/m0/s1. The van der Waals surface area contributed by atoms with Crippen molar-refractivity contribution in [2.45, 2.75) is 57.9 Å². The van der Waals surface area contributed by atoms with E-state index >= 15 is 0 Å². The highest BCUT2D eigenvalue weighted by Gasteiger charge is 2.31. The molecule has 0 spiro atoms. The van der Waals surface area contributed by atoms with E-state index < -0.39 is 24.3 Å². The van der Waals surface area contributed by atoms with Gasteiger partial charge in [0.2, 0.25) is 11.8 Å². The number of nitrogens with one attached hydrogen (secondary N) is 2. The van der Waals surface area contributed by atoms with E-state index in [2.05, 4.69) is 15.6 Å². The number of aliphatic hydroxyl groups excluding tert-OH is 1. The van der Waals surface area contributed by atoms with E-state index in [9.17, 15) is 14.7 Å². The van der Waals surface area contributed by atoms with Gasteiger partial charge < -0.3 is 25.2 Å². The number of ether oxygens (including phenoxy) is 2. The summed E-state index contributed by atoms with van der Waals surface area (Å²) in [6.45, 7) is 4.95. The van der Waals surface area contributed by atoms with Crippen LogP contribution in [0.5, 0.6) is 0 Å². The van der Waals surface area contributed by atoms with E-state index in [1.165, 1.54) is 0 Å². The molecule has 2 amide bonds. The molecule has 3 N–H and O–H groups in total. The van der Waals surface area contributed by atoms with Gasteiger partial charge in [-0.3, -0.25) is 4.79 Å². The fourth-order valence-corrected chi connectivity index (χ4v) is 3.87. The summed E-state index contributed by atoms with van der Waals surface area (Å²) >= 11 is 0. The van der Waals surface area contributed by atoms with Gasteiger partial charge in [-0.2, -0.15) is 0 Å². The molecule has 0 bridgehead atoms. The summed E-state index contributed by atoms with van der Waals surface area (Å²) in [6.07, 6.45) is -0.191. The third kappa shape index (κ3) is 8.72. The SMILES string of the molecule is CC(C)C[C@H](NC(=O)OCc1ccccc1)C(=O)N[C@@H](CCc1ccccc1)C(O)C1=NCCO1. The minimum atomic E-state index is -1.07. The van der Waals surface area contributed by atoms with Gasteiger partial charge in [-0.25, -0.2) is 9.79 Å². The van der Waals surface area contributed by atoms with Gasteiger partial charge in [0.15, 0.2) is 0 Å². The molecule has 2 aromatic carbocycles. The summed E-state index contributed by atoms with van der Waals surface area (Å²) in [4.78, 5) is 29.9. The quantitative estimate of drug-likeness (QED) is 0.431. The van der Waals surface area contributed by atoms with Gasteiger partial charge in [-0.05, 0) is 36.3 Å². The van der Waals surface area contributed by atoms with Gasteiger partial charge in [0.25, 0.3) is 0 Å². The van der Waals surface area contributed by atoms with Gasteiger partial charge in [0.1, 0.15) is 25.4 Å². The van der Waals surface area contributed by atoms with Crippen molar-refractivity contribution in [3.63, 3.8) is 0 Å². The Bertz CT molecular complexity index is 965. The largest absolute Gasteiger partial charge is 0.477 e. The fraction of sp³-hybridized carbons (Fsp3) is 0.444. The molecule has 1 heterocycles. The molecular formula is C27H35N3O5.